The Morgan fingerprint density at radius 2 is 2.04 bits per heavy atom. The van der Waals surface area contributed by atoms with Crippen molar-refractivity contribution in [2.24, 2.45) is 0 Å². The Morgan fingerprint density at radius 3 is 2.61 bits per heavy atom. The van der Waals surface area contributed by atoms with Gasteiger partial charge in [0.2, 0.25) is 5.91 Å². The fourth-order valence-corrected chi connectivity index (χ4v) is 3.72. The van der Waals surface area contributed by atoms with Gasteiger partial charge >= 0.3 is 0 Å². The van der Waals surface area contributed by atoms with Crippen LogP contribution in [0.3, 0.4) is 0 Å². The van der Waals surface area contributed by atoms with E-state index in [9.17, 15) is 13.2 Å². The van der Waals surface area contributed by atoms with Crippen LogP contribution >= 0.6 is 11.6 Å². The Bertz CT molecular complexity index is 654. The molecule has 23 heavy (non-hydrogen) atoms. The first-order valence-electron chi connectivity index (χ1n) is 7.76. The minimum atomic E-state index is -3.35. The second-order valence-corrected chi connectivity index (χ2v) is 8.74. The van der Waals surface area contributed by atoms with E-state index in [1.807, 2.05) is 12.1 Å². The van der Waals surface area contributed by atoms with Crippen LogP contribution in [0.25, 0.3) is 0 Å². The number of ether oxygens (including phenoxy) is 1. The molecule has 1 heterocycles. The Kier molecular flexibility index (Phi) is 5.92. The quantitative estimate of drug-likeness (QED) is 0.810. The molecular weight excluding hydrogens is 338 g/mol. The summed E-state index contributed by atoms with van der Waals surface area (Å²) in [7, 11) is -3.35. The number of carbonyl (C=O) groups excluding carboxylic acids is 1. The zero-order valence-electron chi connectivity index (χ0n) is 13.4. The van der Waals surface area contributed by atoms with E-state index in [-0.39, 0.29) is 17.8 Å². The van der Waals surface area contributed by atoms with Crippen LogP contribution in [0.15, 0.2) is 24.3 Å². The maximum Gasteiger partial charge on any atom is 0.240 e. The number of rotatable bonds is 5. The van der Waals surface area contributed by atoms with E-state index >= 15 is 0 Å². The summed E-state index contributed by atoms with van der Waals surface area (Å²) in [6.07, 6.45) is 1.37. The minimum absolute atomic E-state index is 0.00982. The molecule has 1 aromatic carbocycles. The van der Waals surface area contributed by atoms with Crippen molar-refractivity contribution >= 4 is 27.3 Å². The summed E-state index contributed by atoms with van der Waals surface area (Å²) >= 11 is 5.93. The Morgan fingerprint density at radius 1 is 1.39 bits per heavy atom. The molecular formula is C16H22ClNO4S. The van der Waals surface area contributed by atoms with E-state index in [1.54, 1.807) is 24.0 Å². The lowest BCUT2D eigenvalue weighted by molar-refractivity contribution is -0.132. The second-order valence-electron chi connectivity index (χ2n) is 5.69. The summed E-state index contributed by atoms with van der Waals surface area (Å²) in [5.74, 6) is 0.381. The molecule has 0 unspecified atom stereocenters. The second kappa shape index (κ2) is 7.53. The number of likely N-dealkylation sites (tertiary alicyclic amines) is 1. The van der Waals surface area contributed by atoms with Gasteiger partial charge in [0.25, 0.3) is 0 Å². The number of benzene rings is 1. The molecule has 0 radical (unpaired) electrons. The van der Waals surface area contributed by atoms with Crippen LogP contribution in [0.1, 0.15) is 26.7 Å². The average molecular weight is 360 g/mol. The molecule has 1 atom stereocenters. The Balaban J connectivity index is 1.90. The van der Waals surface area contributed by atoms with Crippen molar-refractivity contribution in [3.05, 3.63) is 29.3 Å². The number of halogens is 1. The third kappa shape index (κ3) is 4.61. The summed E-state index contributed by atoms with van der Waals surface area (Å²) in [5.41, 5.74) is 0. The topological polar surface area (TPSA) is 63.7 Å². The number of sulfone groups is 1. The molecule has 1 amide bonds. The Hall–Kier alpha value is -1.27. The van der Waals surface area contributed by atoms with Gasteiger partial charge in [0.1, 0.15) is 17.1 Å². The van der Waals surface area contributed by atoms with E-state index in [0.29, 0.717) is 36.7 Å². The van der Waals surface area contributed by atoms with Crippen LogP contribution in [-0.2, 0) is 14.6 Å². The number of piperidine rings is 1. The normalized spacial score (nSPS) is 17.8. The SMILES string of the molecule is CCS(=O)(=O)[C@H](C)C(=O)N1CCC(Oc2cccc(Cl)c2)CC1. The standard InChI is InChI=1S/C16H22ClNO4S/c1-3-23(20,21)12(2)16(19)18-9-7-14(8-10-18)22-15-6-4-5-13(17)11-15/h4-6,11-12,14H,3,7-10H2,1-2H3/t12-/m1/s1. The third-order valence-electron chi connectivity index (χ3n) is 4.14. The van der Waals surface area contributed by atoms with Crippen LogP contribution in [0, 0.1) is 0 Å². The first-order chi connectivity index (χ1) is 10.8. The number of hydrogen-bond acceptors (Lipinski definition) is 4. The minimum Gasteiger partial charge on any atom is -0.490 e. The van der Waals surface area contributed by atoms with Gasteiger partial charge in [-0.2, -0.15) is 0 Å². The lowest BCUT2D eigenvalue weighted by Gasteiger charge is -2.33. The maximum atomic E-state index is 12.3. The maximum absolute atomic E-state index is 12.3. The summed E-state index contributed by atoms with van der Waals surface area (Å²) < 4.78 is 29.5. The van der Waals surface area contributed by atoms with Gasteiger partial charge in [-0.25, -0.2) is 8.42 Å². The van der Waals surface area contributed by atoms with Gasteiger partial charge in [-0.1, -0.05) is 24.6 Å². The predicted molar refractivity (Wildman–Crippen MR) is 90.6 cm³/mol. The molecule has 1 aliphatic rings. The van der Waals surface area contributed by atoms with Crippen molar-refractivity contribution in [3.8, 4) is 5.75 Å². The highest BCUT2D eigenvalue weighted by molar-refractivity contribution is 7.92. The van der Waals surface area contributed by atoms with Crippen molar-refractivity contribution < 1.29 is 17.9 Å². The van der Waals surface area contributed by atoms with E-state index < -0.39 is 15.1 Å². The van der Waals surface area contributed by atoms with Crippen molar-refractivity contribution in [3.63, 3.8) is 0 Å². The summed E-state index contributed by atoms with van der Waals surface area (Å²) in [6, 6.07) is 7.22. The molecule has 1 fully saturated rings. The van der Waals surface area contributed by atoms with Crippen molar-refractivity contribution in [2.75, 3.05) is 18.8 Å². The van der Waals surface area contributed by atoms with E-state index in [1.165, 1.54) is 6.92 Å². The Labute approximate surface area is 142 Å². The van der Waals surface area contributed by atoms with Gasteiger partial charge in [-0.3, -0.25) is 4.79 Å². The third-order valence-corrected chi connectivity index (χ3v) is 6.46. The molecule has 0 bridgehead atoms. The predicted octanol–water partition coefficient (Wildman–Crippen LogP) is 2.53. The molecule has 0 aromatic heterocycles. The summed E-state index contributed by atoms with van der Waals surface area (Å²) in [5, 5.41) is -0.355. The molecule has 1 aliphatic heterocycles. The highest BCUT2D eigenvalue weighted by atomic mass is 35.5. The molecule has 2 rings (SSSR count). The van der Waals surface area contributed by atoms with Gasteiger partial charge in [0, 0.05) is 36.7 Å². The fourth-order valence-electron chi connectivity index (χ4n) is 2.59. The number of nitrogens with zero attached hydrogens (tertiary/aromatic N) is 1. The zero-order chi connectivity index (χ0) is 17.0. The zero-order valence-corrected chi connectivity index (χ0v) is 14.9. The molecule has 7 heteroatoms. The highest BCUT2D eigenvalue weighted by Crippen LogP contribution is 2.22. The molecule has 5 nitrogen and oxygen atoms in total. The molecule has 1 aromatic rings. The van der Waals surface area contributed by atoms with E-state index in [4.69, 9.17) is 16.3 Å². The lowest BCUT2D eigenvalue weighted by atomic mass is 10.1. The van der Waals surface area contributed by atoms with Gasteiger partial charge in [0.05, 0.1) is 0 Å². The number of carbonyl (C=O) groups is 1. The van der Waals surface area contributed by atoms with Crippen molar-refractivity contribution in [2.45, 2.75) is 38.0 Å². The van der Waals surface area contributed by atoms with Crippen molar-refractivity contribution in [1.82, 2.24) is 4.90 Å². The first kappa shape index (κ1) is 18.1. The highest BCUT2D eigenvalue weighted by Gasteiger charge is 2.32. The fraction of sp³-hybridized carbons (Fsp3) is 0.562. The summed E-state index contributed by atoms with van der Waals surface area (Å²) in [4.78, 5) is 13.9. The summed E-state index contributed by atoms with van der Waals surface area (Å²) in [6.45, 7) is 4.04. The van der Waals surface area contributed by atoms with Gasteiger partial charge < -0.3 is 9.64 Å². The molecule has 0 N–H and O–H groups in total. The average Bonchev–Trinajstić information content (AvgIpc) is 2.54. The van der Waals surface area contributed by atoms with Crippen LogP contribution in [0.4, 0.5) is 0 Å². The molecule has 0 spiro atoms. The molecule has 128 valence electrons. The van der Waals surface area contributed by atoms with Crippen LogP contribution < -0.4 is 4.74 Å². The van der Waals surface area contributed by atoms with E-state index in [0.717, 1.165) is 0 Å². The van der Waals surface area contributed by atoms with Crippen LogP contribution in [-0.4, -0.2) is 49.4 Å². The number of hydrogen-bond donors (Lipinski definition) is 0. The number of amides is 1. The van der Waals surface area contributed by atoms with E-state index in [2.05, 4.69) is 0 Å². The van der Waals surface area contributed by atoms with Gasteiger partial charge in [-0.15, -0.1) is 0 Å². The smallest absolute Gasteiger partial charge is 0.240 e. The largest absolute Gasteiger partial charge is 0.490 e. The lowest BCUT2D eigenvalue weighted by Crippen LogP contribution is -2.47. The van der Waals surface area contributed by atoms with Gasteiger partial charge in [-0.05, 0) is 25.1 Å². The first-order valence-corrected chi connectivity index (χ1v) is 9.85. The van der Waals surface area contributed by atoms with Crippen LogP contribution in [0.2, 0.25) is 5.02 Å². The molecule has 1 saturated heterocycles. The molecule has 0 aliphatic carbocycles. The van der Waals surface area contributed by atoms with Crippen LogP contribution in [0.5, 0.6) is 5.75 Å². The molecule has 0 saturated carbocycles. The monoisotopic (exact) mass is 359 g/mol. The van der Waals surface area contributed by atoms with Crippen molar-refractivity contribution in [1.29, 1.82) is 0 Å². The van der Waals surface area contributed by atoms with Gasteiger partial charge in [0.15, 0.2) is 9.84 Å².